The highest BCUT2D eigenvalue weighted by Gasteiger charge is 2.22. The van der Waals surface area contributed by atoms with E-state index in [0.29, 0.717) is 32.2 Å². The van der Waals surface area contributed by atoms with E-state index in [2.05, 4.69) is 33.4 Å². The van der Waals surface area contributed by atoms with Gasteiger partial charge in [0.2, 0.25) is 5.88 Å². The van der Waals surface area contributed by atoms with Crippen molar-refractivity contribution in [1.29, 1.82) is 0 Å². The molecule has 3 aromatic rings. The third kappa shape index (κ3) is 6.13. The molecule has 10 nitrogen and oxygen atoms in total. The lowest BCUT2D eigenvalue weighted by Crippen LogP contribution is -2.39. The third-order valence-electron chi connectivity index (χ3n) is 6.49. The van der Waals surface area contributed by atoms with Gasteiger partial charge in [0.05, 0.1) is 30.2 Å². The molecule has 4 rings (SSSR count). The second-order valence-corrected chi connectivity index (χ2v) is 9.08. The molecule has 1 aromatic carbocycles. The molecule has 0 radical (unpaired) electrons. The highest BCUT2D eigenvalue weighted by Crippen LogP contribution is 2.26. The van der Waals surface area contributed by atoms with Crippen molar-refractivity contribution in [2.45, 2.75) is 32.9 Å². The predicted molar refractivity (Wildman–Crippen MR) is 141 cm³/mol. The zero-order chi connectivity index (χ0) is 25.5. The molecule has 192 valence electrons. The average molecular weight is 493 g/mol. The van der Waals surface area contributed by atoms with E-state index >= 15 is 0 Å². The number of hydrogen-bond donors (Lipinski definition) is 4. The van der Waals surface area contributed by atoms with Gasteiger partial charge in [-0.05, 0) is 50.9 Å². The highest BCUT2D eigenvalue weighted by atomic mass is 16.5. The number of nitrogens with two attached hydrogens (primary N) is 3. The molecule has 3 heterocycles. The fourth-order valence-corrected chi connectivity index (χ4v) is 4.47. The van der Waals surface area contributed by atoms with Crippen molar-refractivity contribution in [2.75, 3.05) is 44.3 Å². The maximum Gasteiger partial charge on any atom is 0.270 e. The van der Waals surface area contributed by atoms with Crippen LogP contribution in [0, 0.1) is 5.92 Å². The van der Waals surface area contributed by atoms with E-state index in [1.165, 1.54) is 11.8 Å². The summed E-state index contributed by atoms with van der Waals surface area (Å²) in [6.07, 6.45) is 2.00. The van der Waals surface area contributed by atoms with Crippen LogP contribution < -0.4 is 27.3 Å². The number of piperidine rings is 1. The van der Waals surface area contributed by atoms with Crippen LogP contribution in [-0.2, 0) is 13.1 Å². The van der Waals surface area contributed by atoms with Gasteiger partial charge >= 0.3 is 0 Å². The normalized spacial score (nSPS) is 14.6. The Hall–Kier alpha value is -3.63. The fraction of sp³-hybridized carbons (Fsp3) is 0.423. The molecule has 2 aromatic heterocycles. The fourth-order valence-electron chi connectivity index (χ4n) is 4.47. The molecule has 1 aliphatic heterocycles. The number of benzene rings is 1. The standard InChI is InChI=1S/C26H36N8O2/c1-2-36-26-24(29)21(28)15-23(31-26)25(35)30-16-18-8-11-33(12-9-18)17-20-14-22(32-34(20)13-10-27)19-6-4-3-5-7-19/h3-7,14-15,18H,2,8-13,16-17,27,29H2,1H3,(H2,28,31)(H,30,35). The van der Waals surface area contributed by atoms with Crippen molar-refractivity contribution in [3.05, 3.63) is 53.9 Å². The van der Waals surface area contributed by atoms with Crippen molar-refractivity contribution in [3.63, 3.8) is 0 Å². The van der Waals surface area contributed by atoms with E-state index in [0.717, 1.165) is 43.7 Å². The summed E-state index contributed by atoms with van der Waals surface area (Å²) in [5, 5.41) is 7.79. The van der Waals surface area contributed by atoms with Gasteiger partial charge < -0.3 is 27.3 Å². The number of aromatic nitrogens is 3. The van der Waals surface area contributed by atoms with E-state index in [1.807, 2.05) is 29.8 Å². The quantitative estimate of drug-likeness (QED) is 0.336. The number of carbonyl (C=O) groups excluding carboxylic acids is 1. The van der Waals surface area contributed by atoms with Crippen LogP contribution in [0.1, 0.15) is 35.9 Å². The molecule has 0 saturated carbocycles. The zero-order valence-electron chi connectivity index (χ0n) is 20.8. The number of nitrogens with zero attached hydrogens (tertiary/aromatic N) is 4. The minimum absolute atomic E-state index is 0.195. The van der Waals surface area contributed by atoms with Crippen LogP contribution in [0.2, 0.25) is 0 Å². The molecule has 1 amide bonds. The second-order valence-electron chi connectivity index (χ2n) is 9.08. The zero-order valence-corrected chi connectivity index (χ0v) is 20.8. The summed E-state index contributed by atoms with van der Waals surface area (Å²) in [4.78, 5) is 19.3. The molecular weight excluding hydrogens is 456 g/mol. The summed E-state index contributed by atoms with van der Waals surface area (Å²) >= 11 is 0. The number of pyridine rings is 1. The highest BCUT2D eigenvalue weighted by molar-refractivity contribution is 5.94. The molecule has 1 fully saturated rings. The van der Waals surface area contributed by atoms with Crippen molar-refractivity contribution < 1.29 is 9.53 Å². The van der Waals surface area contributed by atoms with Crippen molar-refractivity contribution in [3.8, 4) is 17.1 Å². The Balaban J connectivity index is 1.30. The van der Waals surface area contributed by atoms with Gasteiger partial charge in [-0.2, -0.15) is 5.10 Å². The van der Waals surface area contributed by atoms with Gasteiger partial charge in [0.15, 0.2) is 0 Å². The Kier molecular flexibility index (Phi) is 8.40. The number of amides is 1. The van der Waals surface area contributed by atoms with Crippen molar-refractivity contribution in [2.24, 2.45) is 11.7 Å². The summed E-state index contributed by atoms with van der Waals surface area (Å²) in [6, 6.07) is 13.9. The van der Waals surface area contributed by atoms with E-state index in [4.69, 9.17) is 27.0 Å². The Labute approximate surface area is 211 Å². The molecule has 0 atom stereocenters. The summed E-state index contributed by atoms with van der Waals surface area (Å²) in [6.45, 7) is 6.78. The van der Waals surface area contributed by atoms with Crippen LogP contribution in [0.15, 0.2) is 42.5 Å². The summed E-state index contributed by atoms with van der Waals surface area (Å²) in [7, 11) is 0. The molecule has 36 heavy (non-hydrogen) atoms. The smallest absolute Gasteiger partial charge is 0.270 e. The van der Waals surface area contributed by atoms with E-state index in [-0.39, 0.29) is 28.9 Å². The van der Waals surface area contributed by atoms with Crippen molar-refractivity contribution >= 4 is 17.3 Å². The number of carbonyl (C=O) groups is 1. The van der Waals surface area contributed by atoms with E-state index < -0.39 is 0 Å². The van der Waals surface area contributed by atoms with Gasteiger partial charge in [-0.15, -0.1) is 0 Å². The molecule has 0 bridgehead atoms. The first kappa shape index (κ1) is 25.5. The van der Waals surface area contributed by atoms with Gasteiger partial charge in [-0.25, -0.2) is 4.98 Å². The topological polar surface area (TPSA) is 150 Å². The number of anilines is 2. The predicted octanol–water partition coefficient (Wildman–Crippen LogP) is 2.11. The van der Waals surface area contributed by atoms with Crippen LogP contribution in [0.3, 0.4) is 0 Å². The minimum Gasteiger partial charge on any atom is -0.476 e. The lowest BCUT2D eigenvalue weighted by molar-refractivity contribution is 0.0929. The first-order chi connectivity index (χ1) is 17.5. The number of ether oxygens (including phenoxy) is 1. The maximum atomic E-state index is 12.7. The van der Waals surface area contributed by atoms with Crippen LogP contribution in [-0.4, -0.2) is 58.4 Å². The van der Waals surface area contributed by atoms with E-state index in [1.54, 1.807) is 0 Å². The molecule has 0 spiro atoms. The number of likely N-dealkylation sites (tertiary alicyclic amines) is 1. The van der Waals surface area contributed by atoms with Gasteiger partial charge in [-0.3, -0.25) is 14.4 Å². The second kappa shape index (κ2) is 11.9. The van der Waals surface area contributed by atoms with Crippen LogP contribution >= 0.6 is 0 Å². The number of nitrogen functional groups attached to an aromatic ring is 2. The molecule has 7 N–H and O–H groups in total. The molecule has 1 saturated heterocycles. The first-order valence-corrected chi connectivity index (χ1v) is 12.5. The van der Waals surface area contributed by atoms with Crippen LogP contribution in [0.25, 0.3) is 11.3 Å². The Morgan fingerprint density at radius 3 is 2.61 bits per heavy atom. The monoisotopic (exact) mass is 492 g/mol. The first-order valence-electron chi connectivity index (χ1n) is 12.5. The van der Waals surface area contributed by atoms with E-state index in [9.17, 15) is 4.79 Å². The summed E-state index contributed by atoms with van der Waals surface area (Å²) in [5.74, 6) is 0.320. The Morgan fingerprint density at radius 2 is 1.92 bits per heavy atom. The number of rotatable bonds is 10. The molecular formula is C26H36N8O2. The molecule has 0 unspecified atom stereocenters. The Morgan fingerprint density at radius 1 is 1.17 bits per heavy atom. The Bertz CT molecular complexity index is 1160. The third-order valence-corrected chi connectivity index (χ3v) is 6.49. The van der Waals surface area contributed by atoms with Crippen molar-refractivity contribution in [1.82, 2.24) is 25.0 Å². The largest absolute Gasteiger partial charge is 0.476 e. The number of hydrogen-bond acceptors (Lipinski definition) is 8. The van der Waals surface area contributed by atoms with Crippen LogP contribution in [0.5, 0.6) is 5.88 Å². The molecule has 10 heteroatoms. The summed E-state index contributed by atoms with van der Waals surface area (Å²) < 4.78 is 7.42. The SMILES string of the molecule is CCOc1nc(C(=O)NCC2CCN(Cc3cc(-c4ccccc4)nn3CCN)CC2)cc(N)c1N. The van der Waals surface area contributed by atoms with Gasteiger partial charge in [0.25, 0.3) is 5.91 Å². The minimum atomic E-state index is -0.274. The lowest BCUT2D eigenvalue weighted by Gasteiger charge is -2.32. The van der Waals surface area contributed by atoms with Gasteiger partial charge in [-0.1, -0.05) is 30.3 Å². The van der Waals surface area contributed by atoms with Gasteiger partial charge in [0, 0.05) is 25.2 Å². The molecule has 0 aliphatic carbocycles. The van der Waals surface area contributed by atoms with Crippen LogP contribution in [0.4, 0.5) is 11.4 Å². The number of nitrogens with one attached hydrogen (secondary N) is 1. The molecule has 1 aliphatic rings. The lowest BCUT2D eigenvalue weighted by atomic mass is 9.96. The summed E-state index contributed by atoms with van der Waals surface area (Å²) in [5.41, 5.74) is 21.7. The average Bonchev–Trinajstić information content (AvgIpc) is 3.29. The van der Waals surface area contributed by atoms with Gasteiger partial charge in [0.1, 0.15) is 11.4 Å². The maximum absolute atomic E-state index is 12.7.